The van der Waals surface area contributed by atoms with Gasteiger partial charge in [0.2, 0.25) is 5.91 Å². The van der Waals surface area contributed by atoms with Gasteiger partial charge in [-0.05, 0) is 31.7 Å². The van der Waals surface area contributed by atoms with E-state index in [0.717, 1.165) is 37.3 Å². The smallest absolute Gasteiger partial charge is 0.217 e. The molecule has 9 heteroatoms. The van der Waals surface area contributed by atoms with Gasteiger partial charge in [0, 0.05) is 42.4 Å². The van der Waals surface area contributed by atoms with E-state index in [1.807, 2.05) is 0 Å². The van der Waals surface area contributed by atoms with Crippen LogP contribution >= 0.6 is 11.6 Å². The second kappa shape index (κ2) is 7.71. The maximum atomic E-state index is 14.4. The zero-order chi connectivity index (χ0) is 19.7. The van der Waals surface area contributed by atoms with Crippen molar-refractivity contribution in [3.05, 3.63) is 35.5 Å². The number of anilines is 1. The summed E-state index contributed by atoms with van der Waals surface area (Å²) in [6.45, 7) is 1.51. The summed E-state index contributed by atoms with van der Waals surface area (Å²) in [5.41, 5.74) is 1.36. The third kappa shape index (κ3) is 3.91. The first-order valence-corrected chi connectivity index (χ1v) is 9.56. The number of nitrogens with zero attached hydrogens (tertiary/aromatic N) is 3. The van der Waals surface area contributed by atoms with Gasteiger partial charge < -0.3 is 15.6 Å². The number of hydrogen-bond acceptors (Lipinski definition) is 5. The Hall–Kier alpha value is -2.74. The van der Waals surface area contributed by atoms with Crippen molar-refractivity contribution in [2.75, 3.05) is 5.32 Å². The lowest BCUT2D eigenvalue weighted by atomic mass is 9.91. The Morgan fingerprint density at radius 3 is 2.93 bits per heavy atom. The van der Waals surface area contributed by atoms with E-state index in [0.29, 0.717) is 22.1 Å². The molecule has 0 aliphatic heterocycles. The largest absolute Gasteiger partial charge is 0.365 e. The van der Waals surface area contributed by atoms with Crippen LogP contribution in [0.3, 0.4) is 0 Å². The summed E-state index contributed by atoms with van der Waals surface area (Å²) in [4.78, 5) is 27.1. The van der Waals surface area contributed by atoms with Crippen molar-refractivity contribution >= 4 is 34.4 Å². The quantitative estimate of drug-likeness (QED) is 0.618. The van der Waals surface area contributed by atoms with Crippen LogP contribution in [-0.4, -0.2) is 37.9 Å². The highest BCUT2D eigenvalue weighted by atomic mass is 35.5. The van der Waals surface area contributed by atoms with Crippen LogP contribution in [0.15, 0.2) is 24.7 Å². The van der Waals surface area contributed by atoms with Crippen molar-refractivity contribution in [2.24, 2.45) is 0 Å². The SMILES string of the molecule is CC(=O)N[C@@H]1CCC[C@@H](Nc2nc(-c3c[nH]c4ncc(Cl)cc34)ncc2F)C1. The molecule has 7 nitrogen and oxygen atoms in total. The molecule has 0 saturated heterocycles. The van der Waals surface area contributed by atoms with Gasteiger partial charge >= 0.3 is 0 Å². The summed E-state index contributed by atoms with van der Waals surface area (Å²) in [7, 11) is 0. The van der Waals surface area contributed by atoms with E-state index in [9.17, 15) is 9.18 Å². The molecule has 1 aliphatic rings. The van der Waals surface area contributed by atoms with E-state index < -0.39 is 5.82 Å². The second-order valence-electron chi connectivity index (χ2n) is 7.05. The molecule has 4 rings (SSSR count). The molecule has 1 fully saturated rings. The first-order chi connectivity index (χ1) is 13.5. The average Bonchev–Trinajstić information content (AvgIpc) is 3.06. The number of carbonyl (C=O) groups is 1. The van der Waals surface area contributed by atoms with Crippen LogP contribution in [-0.2, 0) is 4.79 Å². The van der Waals surface area contributed by atoms with Gasteiger partial charge in [-0.3, -0.25) is 4.79 Å². The molecule has 3 N–H and O–H groups in total. The number of hydrogen-bond donors (Lipinski definition) is 3. The number of carbonyl (C=O) groups excluding carboxylic acids is 1. The number of halogens is 2. The lowest BCUT2D eigenvalue weighted by molar-refractivity contribution is -0.119. The van der Waals surface area contributed by atoms with Gasteiger partial charge in [0.25, 0.3) is 0 Å². The Labute approximate surface area is 166 Å². The number of aromatic nitrogens is 4. The van der Waals surface area contributed by atoms with Crippen LogP contribution in [0.1, 0.15) is 32.6 Å². The molecule has 1 aliphatic carbocycles. The fourth-order valence-corrected chi connectivity index (χ4v) is 3.85. The molecule has 2 atom stereocenters. The van der Waals surface area contributed by atoms with E-state index >= 15 is 0 Å². The van der Waals surface area contributed by atoms with Gasteiger partial charge in [0.05, 0.1) is 11.2 Å². The number of H-pyrrole nitrogens is 1. The van der Waals surface area contributed by atoms with Gasteiger partial charge in [-0.25, -0.2) is 19.3 Å². The Balaban J connectivity index is 1.59. The van der Waals surface area contributed by atoms with Crippen LogP contribution in [0.5, 0.6) is 0 Å². The normalized spacial score (nSPS) is 19.5. The molecule has 3 aromatic heterocycles. The number of rotatable bonds is 4. The minimum Gasteiger partial charge on any atom is -0.365 e. The molecule has 0 spiro atoms. The van der Waals surface area contributed by atoms with Crippen molar-refractivity contribution < 1.29 is 9.18 Å². The number of nitrogens with one attached hydrogen (secondary N) is 3. The molecule has 3 aromatic rings. The summed E-state index contributed by atoms with van der Waals surface area (Å²) >= 11 is 6.05. The summed E-state index contributed by atoms with van der Waals surface area (Å²) in [5, 5.41) is 7.40. The van der Waals surface area contributed by atoms with Gasteiger partial charge in [-0.1, -0.05) is 11.6 Å². The van der Waals surface area contributed by atoms with Gasteiger partial charge in [0.15, 0.2) is 17.5 Å². The molecule has 1 saturated carbocycles. The molecule has 0 radical (unpaired) electrons. The molecule has 3 heterocycles. The fraction of sp³-hybridized carbons (Fsp3) is 0.368. The standard InChI is InChI=1S/C19H20ClFN6O/c1-10(28)25-12-3-2-4-13(6-12)26-19-16(21)9-24-18(27-19)15-8-23-17-14(15)5-11(20)7-22-17/h5,7-9,12-13H,2-4,6H2,1H3,(H,22,23)(H,25,28)(H,24,26,27)/t12-,13-/m1/s1. The second-order valence-corrected chi connectivity index (χ2v) is 7.48. The molecule has 0 aromatic carbocycles. The molecule has 0 unspecified atom stereocenters. The van der Waals surface area contributed by atoms with Crippen molar-refractivity contribution in [1.82, 2.24) is 25.3 Å². The highest BCUT2D eigenvalue weighted by Crippen LogP contribution is 2.29. The van der Waals surface area contributed by atoms with E-state index in [1.54, 1.807) is 18.5 Å². The maximum Gasteiger partial charge on any atom is 0.217 e. The summed E-state index contributed by atoms with van der Waals surface area (Å²) in [6, 6.07) is 1.89. The maximum absolute atomic E-state index is 14.4. The highest BCUT2D eigenvalue weighted by molar-refractivity contribution is 6.31. The zero-order valence-corrected chi connectivity index (χ0v) is 16.1. The monoisotopic (exact) mass is 402 g/mol. The fourth-order valence-electron chi connectivity index (χ4n) is 3.69. The third-order valence-electron chi connectivity index (χ3n) is 4.91. The van der Waals surface area contributed by atoms with E-state index in [-0.39, 0.29) is 23.8 Å². The Morgan fingerprint density at radius 1 is 1.29 bits per heavy atom. The molecule has 1 amide bonds. The van der Waals surface area contributed by atoms with E-state index in [2.05, 4.69) is 30.6 Å². The Bertz CT molecular complexity index is 1020. The van der Waals surface area contributed by atoms with Crippen LogP contribution in [0, 0.1) is 5.82 Å². The van der Waals surface area contributed by atoms with E-state index in [1.165, 1.54) is 6.92 Å². The number of aromatic amines is 1. The lowest BCUT2D eigenvalue weighted by Crippen LogP contribution is -2.41. The molecular weight excluding hydrogens is 383 g/mol. The summed E-state index contributed by atoms with van der Waals surface area (Å²) in [6.07, 6.45) is 7.95. The molecule has 146 valence electrons. The third-order valence-corrected chi connectivity index (χ3v) is 5.11. The first kappa shape index (κ1) is 18.6. The van der Waals surface area contributed by atoms with Crippen LogP contribution < -0.4 is 10.6 Å². The molecule has 28 heavy (non-hydrogen) atoms. The van der Waals surface area contributed by atoms with Crippen LogP contribution in [0.25, 0.3) is 22.4 Å². The Morgan fingerprint density at radius 2 is 2.11 bits per heavy atom. The van der Waals surface area contributed by atoms with Crippen molar-refractivity contribution in [3.63, 3.8) is 0 Å². The number of amides is 1. The van der Waals surface area contributed by atoms with Crippen LogP contribution in [0.4, 0.5) is 10.2 Å². The highest BCUT2D eigenvalue weighted by Gasteiger charge is 2.24. The van der Waals surface area contributed by atoms with Crippen molar-refractivity contribution in [1.29, 1.82) is 0 Å². The topological polar surface area (TPSA) is 95.6 Å². The summed E-state index contributed by atoms with van der Waals surface area (Å²) in [5.74, 6) is -0.0228. The van der Waals surface area contributed by atoms with Gasteiger partial charge in [0.1, 0.15) is 5.65 Å². The average molecular weight is 403 g/mol. The molecule has 0 bridgehead atoms. The van der Waals surface area contributed by atoms with Crippen molar-refractivity contribution in [2.45, 2.75) is 44.7 Å². The van der Waals surface area contributed by atoms with Crippen molar-refractivity contribution in [3.8, 4) is 11.4 Å². The van der Waals surface area contributed by atoms with Gasteiger partial charge in [-0.15, -0.1) is 0 Å². The van der Waals surface area contributed by atoms with Crippen LogP contribution in [0.2, 0.25) is 5.02 Å². The predicted molar refractivity (Wildman–Crippen MR) is 106 cm³/mol. The first-order valence-electron chi connectivity index (χ1n) is 9.19. The molecular formula is C19H20ClFN6O. The number of pyridine rings is 1. The number of fused-ring (bicyclic) bond motifs is 1. The predicted octanol–water partition coefficient (Wildman–Crippen LogP) is 3.67. The lowest BCUT2D eigenvalue weighted by Gasteiger charge is -2.30. The van der Waals surface area contributed by atoms with E-state index in [4.69, 9.17) is 11.6 Å². The van der Waals surface area contributed by atoms with Gasteiger partial charge in [-0.2, -0.15) is 0 Å². The minimum atomic E-state index is -0.513. The Kier molecular flexibility index (Phi) is 5.13. The zero-order valence-electron chi connectivity index (χ0n) is 15.3. The minimum absolute atomic E-state index is 0.0296. The summed E-state index contributed by atoms with van der Waals surface area (Å²) < 4.78 is 14.4.